The summed E-state index contributed by atoms with van der Waals surface area (Å²) >= 11 is 0. The van der Waals surface area contributed by atoms with E-state index < -0.39 is 18.2 Å². The van der Waals surface area contributed by atoms with Crippen molar-refractivity contribution in [2.75, 3.05) is 39.5 Å². The number of hydrogen-bond acceptors (Lipinski definition) is 8. The SMILES string of the molecule is O=C(CCOc1ccc(O)cc1)OC(CN1CCCC1)C(O)c1ccc2c(c1)OCCO2. The fraction of sp³-hybridized carbons (Fsp3) is 0.458. The number of aliphatic hydroxyl groups excluding tert-OH is 1. The van der Waals surface area contributed by atoms with Crippen LogP contribution in [-0.4, -0.2) is 66.6 Å². The molecule has 0 aromatic heterocycles. The number of aromatic hydroxyl groups is 1. The number of phenols is 1. The molecule has 0 bridgehead atoms. The molecule has 0 amide bonds. The third-order valence-corrected chi connectivity index (χ3v) is 5.59. The van der Waals surface area contributed by atoms with Gasteiger partial charge in [0.05, 0.1) is 13.0 Å². The first-order valence-corrected chi connectivity index (χ1v) is 11.0. The molecule has 2 N–H and O–H groups in total. The van der Waals surface area contributed by atoms with Gasteiger partial charge in [-0.15, -0.1) is 0 Å². The van der Waals surface area contributed by atoms with Crippen LogP contribution in [0.1, 0.15) is 30.9 Å². The Kier molecular flexibility index (Phi) is 7.34. The Bertz CT molecular complexity index is 896. The van der Waals surface area contributed by atoms with E-state index in [1.165, 1.54) is 12.1 Å². The molecule has 2 aromatic carbocycles. The van der Waals surface area contributed by atoms with Gasteiger partial charge in [-0.25, -0.2) is 0 Å². The average Bonchev–Trinajstić information content (AvgIpc) is 3.32. The number of benzene rings is 2. The monoisotopic (exact) mass is 443 g/mol. The minimum Gasteiger partial charge on any atom is -0.508 e. The lowest BCUT2D eigenvalue weighted by atomic mass is 10.0. The molecular formula is C24H29NO7. The van der Waals surface area contributed by atoms with Crippen LogP contribution in [0.25, 0.3) is 0 Å². The Morgan fingerprint density at radius 3 is 2.50 bits per heavy atom. The van der Waals surface area contributed by atoms with E-state index in [0.29, 0.717) is 42.6 Å². The molecule has 8 heteroatoms. The minimum absolute atomic E-state index is 0.0469. The second-order valence-corrected chi connectivity index (χ2v) is 7.98. The summed E-state index contributed by atoms with van der Waals surface area (Å²) in [4.78, 5) is 14.7. The molecule has 32 heavy (non-hydrogen) atoms. The zero-order chi connectivity index (χ0) is 22.3. The third-order valence-electron chi connectivity index (χ3n) is 5.59. The van der Waals surface area contributed by atoms with Crippen molar-refractivity contribution in [2.24, 2.45) is 0 Å². The number of phenolic OH excluding ortho intramolecular Hbond substituents is 1. The van der Waals surface area contributed by atoms with Crippen LogP contribution in [0, 0.1) is 0 Å². The molecule has 2 aromatic rings. The maximum atomic E-state index is 12.5. The summed E-state index contributed by atoms with van der Waals surface area (Å²) in [6, 6.07) is 11.6. The van der Waals surface area contributed by atoms with Crippen molar-refractivity contribution >= 4 is 5.97 Å². The van der Waals surface area contributed by atoms with Gasteiger partial charge in [-0.1, -0.05) is 6.07 Å². The van der Waals surface area contributed by atoms with Gasteiger partial charge in [0.25, 0.3) is 0 Å². The summed E-state index contributed by atoms with van der Waals surface area (Å²) in [6.07, 6.45) is 0.540. The van der Waals surface area contributed by atoms with E-state index in [1.54, 1.807) is 30.3 Å². The molecule has 1 saturated heterocycles. The number of likely N-dealkylation sites (tertiary alicyclic amines) is 1. The molecule has 1 fully saturated rings. The van der Waals surface area contributed by atoms with E-state index in [1.807, 2.05) is 0 Å². The molecule has 0 aliphatic carbocycles. The summed E-state index contributed by atoms with van der Waals surface area (Å²) in [6.45, 7) is 3.40. The molecule has 172 valence electrons. The van der Waals surface area contributed by atoms with Crippen molar-refractivity contribution in [2.45, 2.75) is 31.5 Å². The molecule has 2 unspecified atom stereocenters. The normalized spacial score (nSPS) is 17.5. The topological polar surface area (TPSA) is 97.7 Å². The number of rotatable bonds is 9. The van der Waals surface area contributed by atoms with Gasteiger partial charge in [0.2, 0.25) is 0 Å². The largest absolute Gasteiger partial charge is 0.508 e. The zero-order valence-electron chi connectivity index (χ0n) is 17.9. The summed E-state index contributed by atoms with van der Waals surface area (Å²) < 4.78 is 22.4. The van der Waals surface area contributed by atoms with E-state index >= 15 is 0 Å². The number of hydrogen-bond donors (Lipinski definition) is 2. The first-order valence-electron chi connectivity index (χ1n) is 11.0. The predicted octanol–water partition coefficient (Wildman–Crippen LogP) is 2.67. The zero-order valence-corrected chi connectivity index (χ0v) is 17.9. The Morgan fingerprint density at radius 1 is 1.03 bits per heavy atom. The standard InChI is InChI=1S/C24H29NO7/c26-18-4-6-19(7-5-18)29-12-9-23(27)32-22(16-25-10-1-2-11-25)24(28)17-3-8-20-21(15-17)31-14-13-30-20/h3-8,15,22,24,26,28H,1-2,9-14,16H2. The number of ether oxygens (including phenoxy) is 4. The van der Waals surface area contributed by atoms with Crippen molar-refractivity contribution in [1.29, 1.82) is 0 Å². The van der Waals surface area contributed by atoms with Gasteiger partial charge in [-0.3, -0.25) is 9.69 Å². The third kappa shape index (κ3) is 5.83. The van der Waals surface area contributed by atoms with Crippen molar-refractivity contribution in [3.8, 4) is 23.0 Å². The lowest BCUT2D eigenvalue weighted by Gasteiger charge is -2.28. The van der Waals surface area contributed by atoms with E-state index in [9.17, 15) is 15.0 Å². The van der Waals surface area contributed by atoms with Crippen LogP contribution in [0.5, 0.6) is 23.0 Å². The minimum atomic E-state index is -0.992. The fourth-order valence-electron chi connectivity index (χ4n) is 3.90. The van der Waals surface area contributed by atoms with E-state index in [-0.39, 0.29) is 18.8 Å². The van der Waals surface area contributed by atoms with Crippen LogP contribution < -0.4 is 14.2 Å². The van der Waals surface area contributed by atoms with Gasteiger partial charge in [0.15, 0.2) is 11.5 Å². The number of esters is 1. The molecule has 2 aliphatic rings. The van der Waals surface area contributed by atoms with Crippen LogP contribution in [-0.2, 0) is 9.53 Å². The molecule has 4 rings (SSSR count). The van der Waals surface area contributed by atoms with Gasteiger partial charge < -0.3 is 29.2 Å². The first kappa shape index (κ1) is 22.2. The molecule has 0 radical (unpaired) electrons. The van der Waals surface area contributed by atoms with Crippen molar-refractivity contribution in [3.63, 3.8) is 0 Å². The summed E-state index contributed by atoms with van der Waals surface area (Å²) in [5.41, 5.74) is 0.617. The fourth-order valence-corrected chi connectivity index (χ4v) is 3.90. The number of carbonyl (C=O) groups excluding carboxylic acids is 1. The molecule has 0 spiro atoms. The Hall–Kier alpha value is -2.97. The van der Waals surface area contributed by atoms with Gasteiger partial charge >= 0.3 is 5.97 Å². The molecule has 2 heterocycles. The van der Waals surface area contributed by atoms with Gasteiger partial charge in [-0.05, 0) is 67.9 Å². The predicted molar refractivity (Wildman–Crippen MR) is 116 cm³/mol. The van der Waals surface area contributed by atoms with Crippen LogP contribution in [0.2, 0.25) is 0 Å². The molecule has 8 nitrogen and oxygen atoms in total. The number of nitrogens with zero attached hydrogens (tertiary/aromatic N) is 1. The lowest BCUT2D eigenvalue weighted by molar-refractivity contribution is -0.157. The molecule has 0 saturated carbocycles. The van der Waals surface area contributed by atoms with E-state index in [2.05, 4.69) is 4.90 Å². The summed E-state index contributed by atoms with van der Waals surface area (Å²) in [5.74, 6) is 1.49. The Balaban J connectivity index is 1.38. The highest BCUT2D eigenvalue weighted by Gasteiger charge is 2.29. The highest BCUT2D eigenvalue weighted by atomic mass is 16.6. The van der Waals surface area contributed by atoms with Crippen LogP contribution in [0.4, 0.5) is 0 Å². The second kappa shape index (κ2) is 10.6. The number of carbonyl (C=O) groups is 1. The van der Waals surface area contributed by atoms with Crippen molar-refractivity contribution in [1.82, 2.24) is 4.90 Å². The summed E-state index contributed by atoms with van der Waals surface area (Å²) in [7, 11) is 0. The average molecular weight is 443 g/mol. The summed E-state index contributed by atoms with van der Waals surface area (Å²) in [5, 5.41) is 20.4. The van der Waals surface area contributed by atoms with Crippen molar-refractivity contribution < 1.29 is 34.0 Å². The number of fused-ring (bicyclic) bond motifs is 1. The van der Waals surface area contributed by atoms with Crippen LogP contribution in [0.3, 0.4) is 0 Å². The number of aliphatic hydroxyl groups is 1. The smallest absolute Gasteiger partial charge is 0.309 e. The first-order chi connectivity index (χ1) is 15.6. The second-order valence-electron chi connectivity index (χ2n) is 7.98. The van der Waals surface area contributed by atoms with E-state index in [4.69, 9.17) is 18.9 Å². The maximum Gasteiger partial charge on any atom is 0.309 e. The Labute approximate surface area is 187 Å². The molecular weight excluding hydrogens is 414 g/mol. The van der Waals surface area contributed by atoms with Crippen LogP contribution >= 0.6 is 0 Å². The van der Waals surface area contributed by atoms with Gasteiger partial charge in [0, 0.05) is 6.54 Å². The lowest BCUT2D eigenvalue weighted by Crippen LogP contribution is -2.37. The molecule has 2 atom stereocenters. The highest BCUT2D eigenvalue weighted by Crippen LogP contribution is 2.34. The van der Waals surface area contributed by atoms with Crippen LogP contribution in [0.15, 0.2) is 42.5 Å². The van der Waals surface area contributed by atoms with Gasteiger partial charge in [0.1, 0.15) is 36.9 Å². The van der Waals surface area contributed by atoms with Gasteiger partial charge in [-0.2, -0.15) is 0 Å². The highest BCUT2D eigenvalue weighted by molar-refractivity contribution is 5.69. The quantitative estimate of drug-likeness (QED) is 0.571. The van der Waals surface area contributed by atoms with E-state index in [0.717, 1.165) is 25.9 Å². The maximum absolute atomic E-state index is 12.5. The molecule has 2 aliphatic heterocycles. The Morgan fingerprint density at radius 2 is 1.75 bits per heavy atom. The van der Waals surface area contributed by atoms with Crippen molar-refractivity contribution in [3.05, 3.63) is 48.0 Å².